The van der Waals surface area contributed by atoms with Gasteiger partial charge in [-0.3, -0.25) is 4.79 Å². The molecule has 0 bridgehead atoms. The van der Waals surface area contributed by atoms with Crippen LogP contribution in [0.2, 0.25) is 0 Å². The molecule has 1 amide bonds. The number of hydrogen-bond acceptors (Lipinski definition) is 6. The molecule has 2 aromatic rings. The molecule has 1 atom stereocenters. The summed E-state index contributed by atoms with van der Waals surface area (Å²) in [7, 11) is 1.63. The molecular weight excluding hydrogens is 344 g/mol. The lowest BCUT2D eigenvalue weighted by atomic mass is 10.2. The largest absolute Gasteiger partial charge is 0.496 e. The van der Waals surface area contributed by atoms with Crippen molar-refractivity contribution in [1.29, 1.82) is 0 Å². The summed E-state index contributed by atoms with van der Waals surface area (Å²) in [5.41, 5.74) is 1.64. The predicted octanol–water partition coefficient (Wildman–Crippen LogP) is 2.59. The van der Waals surface area contributed by atoms with Crippen LogP contribution in [0.3, 0.4) is 0 Å². The van der Waals surface area contributed by atoms with Gasteiger partial charge in [-0.05, 0) is 30.6 Å². The van der Waals surface area contributed by atoms with Crippen LogP contribution in [-0.2, 0) is 11.2 Å². The highest BCUT2D eigenvalue weighted by molar-refractivity contribution is 7.98. The zero-order valence-corrected chi connectivity index (χ0v) is 15.5. The number of ether oxygens (including phenoxy) is 1. The minimum Gasteiger partial charge on any atom is -0.496 e. The summed E-state index contributed by atoms with van der Waals surface area (Å²) >= 11 is 3.18. The Morgan fingerprint density at radius 3 is 2.96 bits per heavy atom. The second-order valence-corrected chi connectivity index (χ2v) is 7.09. The molecule has 2 rings (SSSR count). The van der Waals surface area contributed by atoms with Gasteiger partial charge in [0.05, 0.1) is 37.4 Å². The number of aromatic nitrogens is 1. The zero-order chi connectivity index (χ0) is 17.4. The van der Waals surface area contributed by atoms with Gasteiger partial charge in [-0.15, -0.1) is 11.3 Å². The van der Waals surface area contributed by atoms with Crippen LogP contribution in [-0.4, -0.2) is 47.8 Å². The van der Waals surface area contributed by atoms with Crippen molar-refractivity contribution in [3.8, 4) is 16.3 Å². The molecule has 1 aromatic carbocycles. The number of thiazole rings is 1. The van der Waals surface area contributed by atoms with Gasteiger partial charge < -0.3 is 15.2 Å². The van der Waals surface area contributed by atoms with Gasteiger partial charge >= 0.3 is 0 Å². The Morgan fingerprint density at radius 1 is 1.46 bits per heavy atom. The average molecular weight is 367 g/mol. The van der Waals surface area contributed by atoms with Crippen molar-refractivity contribution in [1.82, 2.24) is 10.3 Å². The highest BCUT2D eigenvalue weighted by atomic mass is 32.2. The van der Waals surface area contributed by atoms with Crippen molar-refractivity contribution in [3.63, 3.8) is 0 Å². The molecule has 0 aliphatic heterocycles. The van der Waals surface area contributed by atoms with E-state index in [2.05, 4.69) is 10.3 Å². The van der Waals surface area contributed by atoms with Crippen molar-refractivity contribution >= 4 is 29.0 Å². The number of nitrogens with zero attached hydrogens (tertiary/aromatic N) is 1. The molecule has 0 fully saturated rings. The number of methoxy groups -OCH3 is 1. The smallest absolute Gasteiger partial charge is 0.226 e. The molecule has 7 heteroatoms. The molecule has 0 radical (unpaired) electrons. The van der Waals surface area contributed by atoms with Crippen molar-refractivity contribution in [2.45, 2.75) is 18.9 Å². The van der Waals surface area contributed by atoms with Gasteiger partial charge in [0, 0.05) is 5.38 Å². The second-order valence-electron chi connectivity index (χ2n) is 5.25. The van der Waals surface area contributed by atoms with E-state index in [1.54, 1.807) is 18.9 Å². The molecule has 0 unspecified atom stereocenters. The molecule has 0 saturated carbocycles. The van der Waals surface area contributed by atoms with Crippen molar-refractivity contribution in [2.75, 3.05) is 25.7 Å². The fraction of sp³-hybridized carbons (Fsp3) is 0.412. The first kappa shape index (κ1) is 18.8. The first-order chi connectivity index (χ1) is 11.7. The average Bonchev–Trinajstić information content (AvgIpc) is 3.06. The molecule has 0 aliphatic rings. The van der Waals surface area contributed by atoms with Crippen LogP contribution in [0.15, 0.2) is 29.6 Å². The van der Waals surface area contributed by atoms with Gasteiger partial charge in [0.25, 0.3) is 0 Å². The van der Waals surface area contributed by atoms with Crippen LogP contribution in [0, 0.1) is 0 Å². The van der Waals surface area contributed by atoms with E-state index in [1.807, 2.05) is 35.9 Å². The Balaban J connectivity index is 1.99. The van der Waals surface area contributed by atoms with E-state index in [0.29, 0.717) is 0 Å². The Bertz CT molecular complexity index is 661. The molecule has 5 nitrogen and oxygen atoms in total. The summed E-state index contributed by atoms with van der Waals surface area (Å²) in [6, 6.07) is 7.49. The number of carbonyl (C=O) groups excluding carboxylic acids is 1. The van der Waals surface area contributed by atoms with E-state index in [-0.39, 0.29) is 25.0 Å². The molecule has 0 aliphatic carbocycles. The van der Waals surface area contributed by atoms with E-state index in [0.717, 1.165) is 34.2 Å². The molecule has 1 aromatic heterocycles. The van der Waals surface area contributed by atoms with E-state index in [1.165, 1.54) is 11.3 Å². The van der Waals surface area contributed by atoms with Gasteiger partial charge in [0.2, 0.25) is 5.91 Å². The number of thioether (sulfide) groups is 1. The minimum absolute atomic E-state index is 0.0458. The molecule has 0 saturated heterocycles. The summed E-state index contributed by atoms with van der Waals surface area (Å²) in [4.78, 5) is 16.7. The fourth-order valence-electron chi connectivity index (χ4n) is 2.25. The quantitative estimate of drug-likeness (QED) is 0.714. The number of hydrogen-bond donors (Lipinski definition) is 2. The SMILES string of the molecule is COc1ccccc1-c1nc(CC(=O)N[C@H](CO)CCSC)cs1. The van der Waals surface area contributed by atoms with E-state index >= 15 is 0 Å². The first-order valence-corrected chi connectivity index (χ1v) is 9.92. The molecule has 24 heavy (non-hydrogen) atoms. The van der Waals surface area contributed by atoms with Gasteiger partial charge in [0.1, 0.15) is 10.8 Å². The number of para-hydroxylation sites is 1. The van der Waals surface area contributed by atoms with Gasteiger partial charge in [0.15, 0.2) is 0 Å². The van der Waals surface area contributed by atoms with Crippen LogP contribution in [0.5, 0.6) is 5.75 Å². The topological polar surface area (TPSA) is 71.5 Å². The highest BCUT2D eigenvalue weighted by Crippen LogP contribution is 2.31. The monoisotopic (exact) mass is 366 g/mol. The van der Waals surface area contributed by atoms with Crippen LogP contribution in [0.4, 0.5) is 0 Å². The van der Waals surface area contributed by atoms with Crippen LogP contribution >= 0.6 is 23.1 Å². The highest BCUT2D eigenvalue weighted by Gasteiger charge is 2.14. The lowest BCUT2D eigenvalue weighted by Crippen LogP contribution is -2.38. The van der Waals surface area contributed by atoms with Crippen molar-refractivity contribution in [3.05, 3.63) is 35.3 Å². The Hall–Kier alpha value is -1.57. The van der Waals surface area contributed by atoms with Crippen LogP contribution < -0.4 is 10.1 Å². The number of amides is 1. The van der Waals surface area contributed by atoms with E-state index in [9.17, 15) is 9.90 Å². The summed E-state index contributed by atoms with van der Waals surface area (Å²) in [5.74, 6) is 1.55. The Labute approximate surface area is 150 Å². The van der Waals surface area contributed by atoms with Crippen LogP contribution in [0.1, 0.15) is 12.1 Å². The normalized spacial score (nSPS) is 12.0. The Kier molecular flexibility index (Phi) is 7.55. The van der Waals surface area contributed by atoms with Gasteiger partial charge in [-0.1, -0.05) is 12.1 Å². The molecule has 1 heterocycles. The summed E-state index contributed by atoms with van der Waals surface area (Å²) in [6.45, 7) is -0.0458. The standard InChI is InChI=1S/C17H22N2O3S2/c1-22-15-6-4-3-5-14(15)17-19-13(11-24-17)9-16(21)18-12(10-20)7-8-23-2/h3-6,11-12,20H,7-10H2,1-2H3,(H,18,21)/t12-/m0/s1. The third-order valence-electron chi connectivity index (χ3n) is 3.49. The summed E-state index contributed by atoms with van der Waals surface area (Å²) in [6.07, 6.45) is 2.97. The number of aliphatic hydroxyl groups excluding tert-OH is 1. The van der Waals surface area contributed by atoms with Gasteiger partial charge in [-0.25, -0.2) is 4.98 Å². The fourth-order valence-corrected chi connectivity index (χ4v) is 3.62. The molecule has 2 N–H and O–H groups in total. The molecular formula is C17H22N2O3S2. The van der Waals surface area contributed by atoms with E-state index < -0.39 is 0 Å². The third-order valence-corrected chi connectivity index (χ3v) is 5.06. The zero-order valence-electron chi connectivity index (χ0n) is 13.8. The summed E-state index contributed by atoms with van der Waals surface area (Å²) in [5, 5.41) is 14.9. The maximum absolute atomic E-state index is 12.1. The maximum atomic E-state index is 12.1. The number of benzene rings is 1. The summed E-state index contributed by atoms with van der Waals surface area (Å²) < 4.78 is 5.35. The number of rotatable bonds is 9. The third kappa shape index (κ3) is 5.22. The minimum atomic E-state index is -0.197. The van der Waals surface area contributed by atoms with Crippen molar-refractivity contribution in [2.24, 2.45) is 0 Å². The second kappa shape index (κ2) is 9.66. The van der Waals surface area contributed by atoms with Crippen molar-refractivity contribution < 1.29 is 14.6 Å². The van der Waals surface area contributed by atoms with E-state index in [4.69, 9.17) is 4.74 Å². The molecule has 0 spiro atoms. The number of nitrogens with one attached hydrogen (secondary N) is 1. The first-order valence-electron chi connectivity index (χ1n) is 7.64. The molecule has 130 valence electrons. The number of aliphatic hydroxyl groups is 1. The lowest BCUT2D eigenvalue weighted by Gasteiger charge is -2.15. The lowest BCUT2D eigenvalue weighted by molar-refractivity contribution is -0.121. The number of carbonyl (C=O) groups is 1. The maximum Gasteiger partial charge on any atom is 0.226 e. The Morgan fingerprint density at radius 2 is 2.25 bits per heavy atom. The predicted molar refractivity (Wildman–Crippen MR) is 99.8 cm³/mol. The van der Waals surface area contributed by atoms with Gasteiger partial charge in [-0.2, -0.15) is 11.8 Å². The van der Waals surface area contributed by atoms with Crippen LogP contribution in [0.25, 0.3) is 10.6 Å².